The van der Waals surface area contributed by atoms with Crippen LogP contribution in [0.15, 0.2) is 53.7 Å². The molecule has 0 radical (unpaired) electrons. The summed E-state index contributed by atoms with van der Waals surface area (Å²) in [6, 6.07) is 9.29. The molecule has 0 saturated carbocycles. The maximum Gasteiger partial charge on any atom is 0.451 e. The van der Waals surface area contributed by atoms with Gasteiger partial charge in [0.25, 0.3) is 10.0 Å². The van der Waals surface area contributed by atoms with Gasteiger partial charge in [0.05, 0.1) is 36.6 Å². The van der Waals surface area contributed by atoms with Gasteiger partial charge in [-0.05, 0) is 12.1 Å². The molecular formula is C19H18F4N4O5S. The molecule has 0 fully saturated rings. The largest absolute Gasteiger partial charge is 0.497 e. The number of sulfonamides is 1. The molecule has 0 aliphatic rings. The van der Waals surface area contributed by atoms with Gasteiger partial charge in [-0.1, -0.05) is 23.1 Å². The lowest BCUT2D eigenvalue weighted by molar-refractivity contribution is -0.335. The van der Waals surface area contributed by atoms with E-state index in [2.05, 4.69) is 20.1 Å². The van der Waals surface area contributed by atoms with Gasteiger partial charge < -0.3 is 14.8 Å². The summed E-state index contributed by atoms with van der Waals surface area (Å²) < 4.78 is 90.0. The van der Waals surface area contributed by atoms with Gasteiger partial charge in [-0.2, -0.15) is 17.6 Å². The Hall–Kier alpha value is -3.23. The van der Waals surface area contributed by atoms with Gasteiger partial charge in [0.1, 0.15) is 23.6 Å². The van der Waals surface area contributed by atoms with Crippen LogP contribution >= 0.6 is 0 Å². The third-order valence-corrected chi connectivity index (χ3v) is 5.60. The Morgan fingerprint density at radius 2 is 1.70 bits per heavy atom. The first-order chi connectivity index (χ1) is 15.5. The van der Waals surface area contributed by atoms with Crippen molar-refractivity contribution in [1.82, 2.24) is 14.9 Å². The van der Waals surface area contributed by atoms with E-state index >= 15 is 0 Å². The van der Waals surface area contributed by atoms with E-state index in [0.717, 1.165) is 18.5 Å². The van der Waals surface area contributed by atoms with Crippen LogP contribution < -0.4 is 19.7 Å². The van der Waals surface area contributed by atoms with E-state index in [0.29, 0.717) is 5.75 Å². The van der Waals surface area contributed by atoms with Crippen LogP contribution in [0.25, 0.3) is 10.9 Å². The zero-order chi connectivity index (χ0) is 24.3. The highest BCUT2D eigenvalue weighted by Gasteiger charge is 2.59. The van der Waals surface area contributed by atoms with Crippen LogP contribution in [0, 0.1) is 0 Å². The smallest absolute Gasteiger partial charge is 0.451 e. The van der Waals surface area contributed by atoms with E-state index in [1.54, 1.807) is 0 Å². The molecule has 0 saturated heterocycles. The Labute approximate surface area is 185 Å². The number of benzene rings is 2. The number of anilines is 1. The van der Waals surface area contributed by atoms with Crippen molar-refractivity contribution in [3.8, 4) is 11.5 Å². The molecule has 2 aromatic carbocycles. The molecule has 1 aromatic heterocycles. The zero-order valence-corrected chi connectivity index (χ0v) is 18.0. The summed E-state index contributed by atoms with van der Waals surface area (Å²) in [5.41, 5.74) is 0.242. The second-order valence-electron chi connectivity index (χ2n) is 6.53. The monoisotopic (exact) mass is 490 g/mol. The van der Waals surface area contributed by atoms with Crippen molar-refractivity contribution in [2.75, 3.05) is 26.1 Å². The van der Waals surface area contributed by atoms with E-state index < -0.39 is 33.5 Å². The van der Waals surface area contributed by atoms with Gasteiger partial charge in [-0.15, -0.1) is 0 Å². The number of hydrogen-bond acceptors (Lipinski definition) is 8. The molecule has 33 heavy (non-hydrogen) atoms. The summed E-state index contributed by atoms with van der Waals surface area (Å²) in [7, 11) is -1.88. The third-order valence-electron chi connectivity index (χ3n) is 4.40. The fraction of sp³-hybridized carbons (Fsp3) is 0.263. The second-order valence-corrected chi connectivity index (χ2v) is 8.17. The molecule has 0 bridgehead atoms. The van der Waals surface area contributed by atoms with Crippen LogP contribution in [0.3, 0.4) is 0 Å². The maximum absolute atomic E-state index is 14.9. The quantitative estimate of drug-likeness (QED) is 0.348. The fourth-order valence-corrected chi connectivity index (χ4v) is 3.56. The van der Waals surface area contributed by atoms with E-state index in [4.69, 9.17) is 9.47 Å². The Kier molecular flexibility index (Phi) is 6.90. The van der Waals surface area contributed by atoms with Gasteiger partial charge in [0.2, 0.25) is 0 Å². The summed E-state index contributed by atoms with van der Waals surface area (Å²) >= 11 is 0. The van der Waals surface area contributed by atoms with Crippen molar-refractivity contribution >= 4 is 26.7 Å². The predicted molar refractivity (Wildman–Crippen MR) is 109 cm³/mol. The number of nitrogens with one attached hydrogen (secondary N) is 2. The summed E-state index contributed by atoms with van der Waals surface area (Å²) in [6.07, 6.45) is -4.58. The third kappa shape index (κ3) is 5.23. The van der Waals surface area contributed by atoms with Gasteiger partial charge in [0.15, 0.2) is 0 Å². The first kappa shape index (κ1) is 24.4. The van der Waals surface area contributed by atoms with Crippen LogP contribution in [0.4, 0.5) is 23.4 Å². The van der Waals surface area contributed by atoms with Gasteiger partial charge >= 0.3 is 12.0 Å². The SMILES string of the molecule is COc1cc(OC)c2c(NCC(F)(ONS(=O)(=O)c3ccccc3)C(F)(F)F)ncnc2c1. The minimum Gasteiger partial charge on any atom is -0.497 e. The zero-order valence-electron chi connectivity index (χ0n) is 17.2. The molecule has 0 spiro atoms. The number of hydrogen-bond donors (Lipinski definition) is 2. The number of methoxy groups -OCH3 is 2. The van der Waals surface area contributed by atoms with E-state index in [1.165, 1.54) is 49.4 Å². The van der Waals surface area contributed by atoms with Crippen molar-refractivity contribution in [1.29, 1.82) is 0 Å². The summed E-state index contributed by atoms with van der Waals surface area (Å²) in [6.45, 7) is -1.55. The highest BCUT2D eigenvalue weighted by atomic mass is 32.2. The van der Waals surface area contributed by atoms with Crippen LogP contribution in [0.5, 0.6) is 11.5 Å². The number of alkyl halides is 4. The van der Waals surface area contributed by atoms with E-state index in [9.17, 15) is 26.0 Å². The molecule has 9 nitrogen and oxygen atoms in total. The normalized spacial score (nSPS) is 14.0. The maximum atomic E-state index is 14.9. The first-order valence-electron chi connectivity index (χ1n) is 9.12. The van der Waals surface area contributed by atoms with Gasteiger partial charge in [-0.3, -0.25) is 0 Å². The van der Waals surface area contributed by atoms with Crippen molar-refractivity contribution in [2.45, 2.75) is 16.9 Å². The number of nitrogens with zero attached hydrogens (tertiary/aromatic N) is 2. The first-order valence-corrected chi connectivity index (χ1v) is 10.6. The number of ether oxygens (including phenoxy) is 2. The highest BCUT2D eigenvalue weighted by molar-refractivity contribution is 7.89. The average molecular weight is 490 g/mol. The molecular weight excluding hydrogens is 472 g/mol. The lowest BCUT2D eigenvalue weighted by Gasteiger charge is -2.27. The number of rotatable bonds is 9. The Morgan fingerprint density at radius 3 is 2.30 bits per heavy atom. The number of halogens is 4. The lowest BCUT2D eigenvalue weighted by Crippen LogP contribution is -2.52. The molecule has 1 atom stereocenters. The molecule has 0 aliphatic carbocycles. The van der Waals surface area contributed by atoms with Crippen LogP contribution in [-0.4, -0.2) is 51.2 Å². The predicted octanol–water partition coefficient (Wildman–Crippen LogP) is 3.20. The van der Waals surface area contributed by atoms with Crippen molar-refractivity contribution in [3.63, 3.8) is 0 Å². The van der Waals surface area contributed by atoms with Crippen molar-refractivity contribution < 1.29 is 40.3 Å². The van der Waals surface area contributed by atoms with Crippen LogP contribution in [0.1, 0.15) is 0 Å². The lowest BCUT2D eigenvalue weighted by atomic mass is 10.2. The molecule has 2 N–H and O–H groups in total. The second kappa shape index (κ2) is 9.33. The topological polar surface area (TPSA) is 112 Å². The van der Waals surface area contributed by atoms with Crippen molar-refractivity contribution in [3.05, 3.63) is 48.8 Å². The number of fused-ring (bicyclic) bond motifs is 1. The van der Waals surface area contributed by atoms with Gasteiger partial charge in [0, 0.05) is 12.1 Å². The van der Waals surface area contributed by atoms with E-state index in [1.807, 2.05) is 0 Å². The molecule has 0 aliphatic heterocycles. The molecule has 1 heterocycles. The molecule has 3 aromatic rings. The van der Waals surface area contributed by atoms with Crippen molar-refractivity contribution in [2.24, 2.45) is 0 Å². The molecule has 3 rings (SSSR count). The standard InChI is InChI=1S/C19H18F4N4O5S/c1-30-12-8-14-16(15(9-12)31-2)17(26-11-25-14)24-10-18(20,19(21,22)23)32-27-33(28,29)13-6-4-3-5-7-13/h3-9,11,27H,10H2,1-2H3,(H,24,25,26). The Morgan fingerprint density at radius 1 is 1.00 bits per heavy atom. The Balaban J connectivity index is 1.88. The fourth-order valence-electron chi connectivity index (χ4n) is 2.70. The minimum atomic E-state index is -5.62. The summed E-state index contributed by atoms with van der Waals surface area (Å²) in [5, 5.41) is 2.34. The van der Waals surface area contributed by atoms with E-state index in [-0.39, 0.29) is 22.5 Å². The van der Waals surface area contributed by atoms with Gasteiger partial charge in [-0.25, -0.2) is 23.2 Å². The average Bonchev–Trinajstić information content (AvgIpc) is 2.80. The minimum absolute atomic E-state index is 0.148. The van der Waals surface area contributed by atoms with Crippen LogP contribution in [0.2, 0.25) is 0 Å². The molecule has 1 unspecified atom stereocenters. The Bertz CT molecular complexity index is 1230. The molecule has 14 heteroatoms. The number of aromatic nitrogens is 2. The van der Waals surface area contributed by atoms with Crippen LogP contribution in [-0.2, 0) is 14.9 Å². The molecule has 178 valence electrons. The molecule has 0 amide bonds. The highest BCUT2D eigenvalue weighted by Crippen LogP contribution is 2.37. The summed E-state index contributed by atoms with van der Waals surface area (Å²) in [5.74, 6) is -4.15. The summed E-state index contributed by atoms with van der Waals surface area (Å²) in [4.78, 5) is 12.7.